The fraction of sp³-hybridized carbons (Fsp3) is 1.00. The summed E-state index contributed by atoms with van der Waals surface area (Å²) < 4.78 is 0. The van der Waals surface area contributed by atoms with Crippen molar-refractivity contribution < 1.29 is 0 Å². The molecule has 0 saturated heterocycles. The molecule has 116 valence electrons. The van der Waals surface area contributed by atoms with Crippen LogP contribution in [0.3, 0.4) is 0 Å². The molecule has 0 N–H and O–H groups in total. The highest BCUT2D eigenvalue weighted by atomic mass is 14.1. The van der Waals surface area contributed by atoms with Crippen LogP contribution in [0, 0.1) is 11.8 Å². The SMILES string of the molecule is CCCC(C)CCCCCCCCCC(C)CCC. The topological polar surface area (TPSA) is 0 Å². The molecular formula is C19H40. The average molecular weight is 269 g/mol. The predicted molar refractivity (Wildman–Crippen MR) is 89.7 cm³/mol. The Morgan fingerprint density at radius 1 is 0.474 bits per heavy atom. The van der Waals surface area contributed by atoms with Gasteiger partial charge >= 0.3 is 0 Å². The van der Waals surface area contributed by atoms with Gasteiger partial charge in [-0.2, -0.15) is 0 Å². The molecule has 0 spiro atoms. The minimum atomic E-state index is 0.963. The lowest BCUT2D eigenvalue weighted by molar-refractivity contribution is 0.439. The molecule has 0 aromatic rings. The van der Waals surface area contributed by atoms with Crippen LogP contribution < -0.4 is 0 Å². The van der Waals surface area contributed by atoms with E-state index in [-0.39, 0.29) is 0 Å². The highest BCUT2D eigenvalue weighted by Gasteiger charge is 2.01. The predicted octanol–water partition coefficient (Wildman–Crippen LogP) is 7.37. The first kappa shape index (κ1) is 19.0. The molecule has 19 heavy (non-hydrogen) atoms. The lowest BCUT2D eigenvalue weighted by Gasteiger charge is -2.10. The van der Waals surface area contributed by atoms with E-state index in [0.29, 0.717) is 0 Å². The van der Waals surface area contributed by atoms with Gasteiger partial charge in [0.1, 0.15) is 0 Å². The highest BCUT2D eigenvalue weighted by Crippen LogP contribution is 2.18. The Morgan fingerprint density at radius 3 is 1.11 bits per heavy atom. The molecule has 0 rings (SSSR count). The van der Waals surface area contributed by atoms with Gasteiger partial charge in [-0.15, -0.1) is 0 Å². The van der Waals surface area contributed by atoms with Crippen LogP contribution >= 0.6 is 0 Å². The van der Waals surface area contributed by atoms with Crippen LogP contribution in [0.4, 0.5) is 0 Å². The maximum Gasteiger partial charge on any atom is -0.0443 e. The van der Waals surface area contributed by atoms with Crippen LogP contribution in [0.25, 0.3) is 0 Å². The van der Waals surface area contributed by atoms with E-state index in [4.69, 9.17) is 0 Å². The summed E-state index contributed by atoms with van der Waals surface area (Å²) in [5.41, 5.74) is 0. The first-order valence-electron chi connectivity index (χ1n) is 9.20. The number of unbranched alkanes of at least 4 members (excludes halogenated alkanes) is 6. The third-order valence-electron chi connectivity index (χ3n) is 4.46. The molecule has 0 nitrogen and oxygen atoms in total. The van der Waals surface area contributed by atoms with E-state index < -0.39 is 0 Å². The summed E-state index contributed by atoms with van der Waals surface area (Å²) in [5.74, 6) is 1.93. The first-order chi connectivity index (χ1) is 9.20. The molecule has 0 aliphatic heterocycles. The van der Waals surface area contributed by atoms with Crippen LogP contribution in [0.1, 0.15) is 111 Å². The van der Waals surface area contributed by atoms with Gasteiger partial charge in [0.05, 0.1) is 0 Å². The monoisotopic (exact) mass is 268 g/mol. The van der Waals surface area contributed by atoms with Gasteiger partial charge in [-0.1, -0.05) is 111 Å². The first-order valence-corrected chi connectivity index (χ1v) is 9.20. The van der Waals surface area contributed by atoms with E-state index in [1.165, 1.54) is 83.5 Å². The van der Waals surface area contributed by atoms with Gasteiger partial charge in [0, 0.05) is 0 Å². The molecule has 0 aliphatic carbocycles. The van der Waals surface area contributed by atoms with Crippen molar-refractivity contribution in [3.8, 4) is 0 Å². The summed E-state index contributed by atoms with van der Waals surface area (Å²) in [4.78, 5) is 0. The second-order valence-electron chi connectivity index (χ2n) is 6.84. The fourth-order valence-corrected chi connectivity index (χ4v) is 3.14. The third kappa shape index (κ3) is 14.2. The lowest BCUT2D eigenvalue weighted by Crippen LogP contribution is -1.94. The molecule has 0 aromatic heterocycles. The Labute approximate surface area is 123 Å². The zero-order valence-electron chi connectivity index (χ0n) is 14.3. The maximum atomic E-state index is 2.42. The van der Waals surface area contributed by atoms with Gasteiger partial charge in [-0.05, 0) is 11.8 Å². The maximum absolute atomic E-state index is 2.42. The van der Waals surface area contributed by atoms with E-state index in [1.54, 1.807) is 0 Å². The van der Waals surface area contributed by atoms with Crippen molar-refractivity contribution in [2.75, 3.05) is 0 Å². The van der Waals surface area contributed by atoms with Crippen LogP contribution in [-0.2, 0) is 0 Å². The van der Waals surface area contributed by atoms with Crippen molar-refractivity contribution >= 4 is 0 Å². The summed E-state index contributed by atoms with van der Waals surface area (Å²) in [6, 6.07) is 0. The second kappa shape index (κ2) is 14.4. The molecule has 0 heterocycles. The molecule has 0 radical (unpaired) electrons. The standard InChI is InChI=1S/C19H40/c1-5-14-18(3)16-12-10-8-7-9-11-13-17-19(4)15-6-2/h18-19H,5-17H2,1-4H3. The van der Waals surface area contributed by atoms with E-state index >= 15 is 0 Å². The summed E-state index contributed by atoms with van der Waals surface area (Å²) in [6.07, 6.45) is 18.8. The van der Waals surface area contributed by atoms with Crippen molar-refractivity contribution in [3.05, 3.63) is 0 Å². The lowest BCUT2D eigenvalue weighted by atomic mass is 9.96. The number of hydrogen-bond donors (Lipinski definition) is 0. The number of rotatable bonds is 14. The Bertz CT molecular complexity index is 143. The Balaban J connectivity index is 3.10. The van der Waals surface area contributed by atoms with Gasteiger partial charge in [0.25, 0.3) is 0 Å². The normalized spacial score (nSPS) is 14.5. The molecule has 0 aromatic carbocycles. The number of hydrogen-bond acceptors (Lipinski definition) is 0. The highest BCUT2D eigenvalue weighted by molar-refractivity contribution is 4.55. The molecule has 0 bridgehead atoms. The van der Waals surface area contributed by atoms with Crippen molar-refractivity contribution in [2.24, 2.45) is 11.8 Å². The van der Waals surface area contributed by atoms with Crippen molar-refractivity contribution in [1.82, 2.24) is 0 Å². The Kier molecular flexibility index (Phi) is 14.4. The Hall–Kier alpha value is 0. The summed E-state index contributed by atoms with van der Waals surface area (Å²) >= 11 is 0. The molecule has 0 saturated carbocycles. The largest absolute Gasteiger partial charge is 0.0654 e. The third-order valence-corrected chi connectivity index (χ3v) is 4.46. The van der Waals surface area contributed by atoms with Crippen LogP contribution in [-0.4, -0.2) is 0 Å². The van der Waals surface area contributed by atoms with Crippen molar-refractivity contribution in [2.45, 2.75) is 111 Å². The molecular weight excluding hydrogens is 228 g/mol. The van der Waals surface area contributed by atoms with E-state index in [2.05, 4.69) is 27.7 Å². The van der Waals surface area contributed by atoms with Gasteiger partial charge in [0.2, 0.25) is 0 Å². The molecule has 0 fully saturated rings. The van der Waals surface area contributed by atoms with Gasteiger partial charge in [0.15, 0.2) is 0 Å². The molecule has 0 aliphatic rings. The molecule has 2 atom stereocenters. The molecule has 0 heteroatoms. The van der Waals surface area contributed by atoms with E-state index in [9.17, 15) is 0 Å². The van der Waals surface area contributed by atoms with Crippen LogP contribution in [0.2, 0.25) is 0 Å². The molecule has 0 amide bonds. The van der Waals surface area contributed by atoms with E-state index in [0.717, 1.165) is 11.8 Å². The summed E-state index contributed by atoms with van der Waals surface area (Å²) in [6.45, 7) is 9.44. The zero-order valence-corrected chi connectivity index (χ0v) is 14.3. The van der Waals surface area contributed by atoms with E-state index in [1.807, 2.05) is 0 Å². The van der Waals surface area contributed by atoms with Crippen molar-refractivity contribution in [1.29, 1.82) is 0 Å². The molecule has 2 unspecified atom stereocenters. The van der Waals surface area contributed by atoms with Crippen LogP contribution in [0.15, 0.2) is 0 Å². The summed E-state index contributed by atoms with van der Waals surface area (Å²) in [5, 5.41) is 0. The minimum absolute atomic E-state index is 0.963. The van der Waals surface area contributed by atoms with Gasteiger partial charge < -0.3 is 0 Å². The Morgan fingerprint density at radius 2 is 0.789 bits per heavy atom. The average Bonchev–Trinajstić information content (AvgIpc) is 2.37. The minimum Gasteiger partial charge on any atom is -0.0654 e. The summed E-state index contributed by atoms with van der Waals surface area (Å²) in [7, 11) is 0. The second-order valence-corrected chi connectivity index (χ2v) is 6.84. The smallest absolute Gasteiger partial charge is 0.0443 e. The van der Waals surface area contributed by atoms with Crippen LogP contribution in [0.5, 0.6) is 0 Å². The fourth-order valence-electron chi connectivity index (χ4n) is 3.14. The van der Waals surface area contributed by atoms with Gasteiger partial charge in [-0.3, -0.25) is 0 Å². The van der Waals surface area contributed by atoms with Gasteiger partial charge in [-0.25, -0.2) is 0 Å². The van der Waals surface area contributed by atoms with Crippen molar-refractivity contribution in [3.63, 3.8) is 0 Å². The quantitative estimate of drug-likeness (QED) is 0.288. The zero-order chi connectivity index (χ0) is 14.3.